The fraction of sp³-hybridized carbons (Fsp3) is 0.381. The number of nitrogens with one attached hydrogen (secondary N) is 1. The van der Waals surface area contributed by atoms with Gasteiger partial charge in [0.1, 0.15) is 4.70 Å². The summed E-state index contributed by atoms with van der Waals surface area (Å²) >= 11 is 2.67. The molecule has 1 atom stereocenters. The number of fused-ring (bicyclic) bond motifs is 1. The summed E-state index contributed by atoms with van der Waals surface area (Å²) in [5.74, 6) is 0.757. The Morgan fingerprint density at radius 3 is 2.61 bits per heavy atom. The third-order valence-electron chi connectivity index (χ3n) is 4.48. The van der Waals surface area contributed by atoms with Crippen molar-refractivity contribution in [3.8, 4) is 0 Å². The molecule has 0 aliphatic heterocycles. The number of amides is 1. The zero-order valence-corrected chi connectivity index (χ0v) is 18.2. The molecule has 1 unspecified atom stereocenters. The topological polar surface area (TPSA) is 64.0 Å². The average Bonchev–Trinajstić information content (AvgIpc) is 3.12. The number of nitrogens with zero attached hydrogens (tertiary/aromatic N) is 2. The first kappa shape index (κ1) is 20.6. The lowest BCUT2D eigenvalue weighted by molar-refractivity contribution is -0.119. The highest BCUT2D eigenvalue weighted by molar-refractivity contribution is 7.99. The lowest BCUT2D eigenvalue weighted by Crippen LogP contribution is -2.28. The smallest absolute Gasteiger partial charge is 0.271 e. The van der Waals surface area contributed by atoms with Gasteiger partial charge in [0.15, 0.2) is 5.16 Å². The van der Waals surface area contributed by atoms with Crippen LogP contribution in [-0.4, -0.2) is 21.2 Å². The number of carbonyl (C=O) groups excluding carboxylic acids is 1. The van der Waals surface area contributed by atoms with Gasteiger partial charge in [-0.2, -0.15) is 0 Å². The van der Waals surface area contributed by atoms with Crippen LogP contribution in [0.2, 0.25) is 0 Å². The van der Waals surface area contributed by atoms with Gasteiger partial charge >= 0.3 is 0 Å². The molecule has 0 fully saturated rings. The van der Waals surface area contributed by atoms with E-state index in [1.807, 2.05) is 18.4 Å². The molecular weight excluding hydrogens is 390 g/mol. The first-order valence-electron chi connectivity index (χ1n) is 9.30. The van der Waals surface area contributed by atoms with Gasteiger partial charge in [-0.25, -0.2) is 4.98 Å². The quantitative estimate of drug-likeness (QED) is 0.465. The van der Waals surface area contributed by atoms with Crippen molar-refractivity contribution in [1.29, 1.82) is 0 Å². The molecule has 28 heavy (non-hydrogen) atoms. The summed E-state index contributed by atoms with van der Waals surface area (Å²) in [5.41, 5.74) is 3.00. The molecule has 2 aromatic heterocycles. The first-order valence-corrected chi connectivity index (χ1v) is 11.2. The van der Waals surface area contributed by atoms with Crippen LogP contribution in [0, 0.1) is 5.92 Å². The molecule has 0 radical (unpaired) electrons. The zero-order valence-electron chi connectivity index (χ0n) is 16.6. The summed E-state index contributed by atoms with van der Waals surface area (Å²) in [6.07, 6.45) is 1.05. The van der Waals surface area contributed by atoms with Gasteiger partial charge in [-0.1, -0.05) is 49.9 Å². The maximum atomic E-state index is 12.4. The Balaban J connectivity index is 1.60. The average molecular weight is 416 g/mol. The molecule has 0 aliphatic rings. The van der Waals surface area contributed by atoms with E-state index in [0.29, 0.717) is 21.3 Å². The predicted octanol–water partition coefficient (Wildman–Crippen LogP) is 4.16. The molecule has 3 rings (SSSR count). The van der Waals surface area contributed by atoms with Crippen LogP contribution in [0.25, 0.3) is 10.2 Å². The molecule has 0 saturated carbocycles. The van der Waals surface area contributed by atoms with Crippen molar-refractivity contribution in [1.82, 2.24) is 14.9 Å². The summed E-state index contributed by atoms with van der Waals surface area (Å²) in [4.78, 5) is 29.2. The minimum atomic E-state index is -0.0802. The molecule has 5 nitrogen and oxygen atoms in total. The van der Waals surface area contributed by atoms with E-state index in [-0.39, 0.29) is 23.3 Å². The van der Waals surface area contributed by atoms with Crippen LogP contribution in [0.3, 0.4) is 0 Å². The second kappa shape index (κ2) is 8.92. The van der Waals surface area contributed by atoms with E-state index >= 15 is 0 Å². The first-order chi connectivity index (χ1) is 13.3. The molecule has 148 valence electrons. The van der Waals surface area contributed by atoms with Gasteiger partial charge in [-0.3, -0.25) is 14.2 Å². The van der Waals surface area contributed by atoms with E-state index in [1.165, 1.54) is 33.2 Å². The Labute approximate surface area is 173 Å². The predicted molar refractivity (Wildman–Crippen MR) is 117 cm³/mol. The minimum Gasteiger partial charge on any atom is -0.349 e. The molecule has 0 saturated heterocycles. The van der Waals surface area contributed by atoms with Crippen LogP contribution in [0.1, 0.15) is 37.9 Å². The fourth-order valence-electron chi connectivity index (χ4n) is 3.01. The van der Waals surface area contributed by atoms with Crippen molar-refractivity contribution >= 4 is 39.2 Å². The van der Waals surface area contributed by atoms with Crippen LogP contribution in [-0.2, 0) is 18.3 Å². The Morgan fingerprint density at radius 1 is 1.21 bits per heavy atom. The second-order valence-corrected chi connectivity index (χ2v) is 9.17. The van der Waals surface area contributed by atoms with E-state index in [9.17, 15) is 9.59 Å². The van der Waals surface area contributed by atoms with Crippen LogP contribution in [0.5, 0.6) is 0 Å². The highest BCUT2D eigenvalue weighted by atomic mass is 32.2. The number of aromatic nitrogens is 2. The van der Waals surface area contributed by atoms with Gasteiger partial charge < -0.3 is 5.32 Å². The van der Waals surface area contributed by atoms with Gasteiger partial charge in [0.2, 0.25) is 5.91 Å². The Kier molecular flexibility index (Phi) is 6.57. The molecule has 2 heterocycles. The van der Waals surface area contributed by atoms with Crippen molar-refractivity contribution in [2.45, 2.75) is 38.4 Å². The number of thioether (sulfide) groups is 1. The molecule has 3 aromatic rings. The Bertz CT molecular complexity index is 1020. The van der Waals surface area contributed by atoms with Crippen molar-refractivity contribution in [2.24, 2.45) is 13.0 Å². The normalized spacial score (nSPS) is 12.5. The van der Waals surface area contributed by atoms with Gasteiger partial charge in [0.25, 0.3) is 5.56 Å². The highest BCUT2D eigenvalue weighted by Crippen LogP contribution is 2.21. The molecule has 0 bridgehead atoms. The number of carbonyl (C=O) groups is 1. The van der Waals surface area contributed by atoms with E-state index in [0.717, 1.165) is 12.0 Å². The van der Waals surface area contributed by atoms with Crippen LogP contribution in [0.4, 0.5) is 0 Å². The van der Waals surface area contributed by atoms with Crippen molar-refractivity contribution in [3.05, 3.63) is 57.2 Å². The summed E-state index contributed by atoms with van der Waals surface area (Å²) < 4.78 is 2.15. The molecule has 0 spiro atoms. The molecular formula is C21H25N3O2S2. The number of rotatable bonds is 7. The number of hydrogen-bond acceptors (Lipinski definition) is 5. The van der Waals surface area contributed by atoms with Crippen molar-refractivity contribution in [2.75, 3.05) is 5.75 Å². The zero-order chi connectivity index (χ0) is 20.3. The monoisotopic (exact) mass is 415 g/mol. The largest absolute Gasteiger partial charge is 0.349 e. The number of hydrogen-bond donors (Lipinski definition) is 1. The summed E-state index contributed by atoms with van der Waals surface area (Å²) in [5, 5.41) is 5.43. The SMILES string of the molecule is CC(C)Cc1ccc(C(C)NC(=O)CSc2nc3ccsc3c(=O)n2C)cc1. The third kappa shape index (κ3) is 4.83. The van der Waals surface area contributed by atoms with Crippen LogP contribution < -0.4 is 10.9 Å². The maximum absolute atomic E-state index is 12.4. The van der Waals surface area contributed by atoms with Gasteiger partial charge in [0, 0.05) is 7.05 Å². The van der Waals surface area contributed by atoms with E-state index in [2.05, 4.69) is 48.4 Å². The maximum Gasteiger partial charge on any atom is 0.271 e. The van der Waals surface area contributed by atoms with Gasteiger partial charge in [-0.15, -0.1) is 11.3 Å². The lowest BCUT2D eigenvalue weighted by atomic mass is 10.00. The molecule has 1 N–H and O–H groups in total. The minimum absolute atomic E-state index is 0.0715. The van der Waals surface area contributed by atoms with Crippen LogP contribution >= 0.6 is 23.1 Å². The molecule has 7 heteroatoms. The standard InChI is InChI=1S/C21H25N3O2S2/c1-13(2)11-15-5-7-16(8-6-15)14(3)22-18(25)12-28-21-23-17-9-10-27-19(17)20(26)24(21)4/h5-10,13-14H,11-12H2,1-4H3,(H,22,25). The van der Waals surface area contributed by atoms with Gasteiger partial charge in [-0.05, 0) is 41.8 Å². The highest BCUT2D eigenvalue weighted by Gasteiger charge is 2.14. The van der Waals surface area contributed by atoms with Crippen molar-refractivity contribution < 1.29 is 4.79 Å². The molecule has 0 aliphatic carbocycles. The Hall–Kier alpha value is -2.12. The summed E-state index contributed by atoms with van der Waals surface area (Å²) in [6, 6.07) is 10.2. The van der Waals surface area contributed by atoms with Gasteiger partial charge in [0.05, 0.1) is 17.3 Å². The summed E-state index contributed by atoms with van der Waals surface area (Å²) in [6.45, 7) is 6.38. The number of thiophene rings is 1. The van der Waals surface area contributed by atoms with E-state index in [1.54, 1.807) is 7.05 Å². The second-order valence-electron chi connectivity index (χ2n) is 7.31. The van der Waals surface area contributed by atoms with Crippen molar-refractivity contribution in [3.63, 3.8) is 0 Å². The summed E-state index contributed by atoms with van der Waals surface area (Å²) in [7, 11) is 1.69. The Morgan fingerprint density at radius 2 is 1.93 bits per heavy atom. The lowest BCUT2D eigenvalue weighted by Gasteiger charge is -2.15. The third-order valence-corrected chi connectivity index (χ3v) is 6.40. The molecule has 1 aromatic carbocycles. The number of benzene rings is 1. The fourth-order valence-corrected chi connectivity index (χ4v) is 4.60. The van der Waals surface area contributed by atoms with E-state index < -0.39 is 0 Å². The van der Waals surface area contributed by atoms with Crippen LogP contribution in [0.15, 0.2) is 45.7 Å². The molecule has 1 amide bonds. The van der Waals surface area contributed by atoms with E-state index in [4.69, 9.17) is 0 Å².